The van der Waals surface area contributed by atoms with Crippen LogP contribution in [0.25, 0.3) is 10.9 Å². The molecular formula is C20H19FN4O. The standard InChI is InChI=1S/C20H19FN4O/c21-12-1-3-14-15-9-24(6-5-16(15)23-17(14)7-12)13-2-4-20(22-8-13)25-10-19-18(25)11-26-19/h1-4,7-8,18-19,23H,5-6,9-11H2. The minimum atomic E-state index is -0.196. The predicted octanol–water partition coefficient (Wildman–Crippen LogP) is 2.85. The Morgan fingerprint density at radius 1 is 1.23 bits per heavy atom. The summed E-state index contributed by atoms with van der Waals surface area (Å²) in [7, 11) is 0. The van der Waals surface area contributed by atoms with Gasteiger partial charge in [-0.25, -0.2) is 9.37 Å². The number of aromatic nitrogens is 2. The lowest BCUT2D eigenvalue weighted by Crippen LogP contribution is -2.71. The van der Waals surface area contributed by atoms with Gasteiger partial charge >= 0.3 is 0 Å². The van der Waals surface area contributed by atoms with E-state index in [0.717, 1.165) is 55.1 Å². The van der Waals surface area contributed by atoms with Crippen LogP contribution < -0.4 is 9.80 Å². The maximum atomic E-state index is 13.5. The van der Waals surface area contributed by atoms with Gasteiger partial charge in [0.15, 0.2) is 0 Å². The second-order valence-corrected chi connectivity index (χ2v) is 7.41. The van der Waals surface area contributed by atoms with Crippen molar-refractivity contribution in [2.45, 2.75) is 25.1 Å². The predicted molar refractivity (Wildman–Crippen MR) is 98.1 cm³/mol. The average molecular weight is 350 g/mol. The van der Waals surface area contributed by atoms with Crippen molar-refractivity contribution in [1.82, 2.24) is 9.97 Å². The lowest BCUT2D eigenvalue weighted by atomic mass is 9.95. The van der Waals surface area contributed by atoms with Crippen LogP contribution in [-0.2, 0) is 17.7 Å². The van der Waals surface area contributed by atoms with E-state index in [-0.39, 0.29) is 5.82 Å². The van der Waals surface area contributed by atoms with E-state index >= 15 is 0 Å². The summed E-state index contributed by atoms with van der Waals surface area (Å²) in [5.41, 5.74) is 4.52. The summed E-state index contributed by atoms with van der Waals surface area (Å²) in [5, 5.41) is 1.12. The summed E-state index contributed by atoms with van der Waals surface area (Å²) in [4.78, 5) is 12.7. The zero-order chi connectivity index (χ0) is 17.3. The van der Waals surface area contributed by atoms with Gasteiger partial charge < -0.3 is 19.5 Å². The monoisotopic (exact) mass is 350 g/mol. The van der Waals surface area contributed by atoms with E-state index in [4.69, 9.17) is 4.74 Å². The fourth-order valence-electron chi connectivity index (χ4n) is 4.39. The number of halogens is 1. The van der Waals surface area contributed by atoms with E-state index in [1.807, 2.05) is 12.3 Å². The summed E-state index contributed by atoms with van der Waals surface area (Å²) in [6.07, 6.45) is 3.33. The Kier molecular flexibility index (Phi) is 2.91. The Labute approximate surface area is 150 Å². The first-order valence-electron chi connectivity index (χ1n) is 9.14. The molecule has 3 aromatic rings. The van der Waals surface area contributed by atoms with E-state index in [0.29, 0.717) is 12.1 Å². The van der Waals surface area contributed by atoms with Crippen LogP contribution in [0.15, 0.2) is 36.5 Å². The number of H-pyrrole nitrogens is 1. The summed E-state index contributed by atoms with van der Waals surface area (Å²) in [6, 6.07) is 9.80. The Bertz CT molecular complexity index is 999. The number of pyridine rings is 1. The molecule has 2 aromatic heterocycles. The third-order valence-electron chi connectivity index (χ3n) is 6.02. The first-order chi connectivity index (χ1) is 12.8. The number of hydrogen-bond acceptors (Lipinski definition) is 4. The molecule has 0 spiro atoms. The highest BCUT2D eigenvalue weighted by molar-refractivity contribution is 5.85. The van der Waals surface area contributed by atoms with Gasteiger partial charge in [-0.1, -0.05) is 0 Å². The molecule has 0 saturated carbocycles. The molecule has 0 aliphatic carbocycles. The van der Waals surface area contributed by atoms with E-state index in [2.05, 4.69) is 31.9 Å². The lowest BCUT2D eigenvalue weighted by Gasteiger charge is -2.55. The SMILES string of the molecule is Fc1ccc2c3c([nH]c2c1)CCN(c1ccc(N2CC4OCC42)nc1)C3. The molecule has 5 heterocycles. The molecular weight excluding hydrogens is 331 g/mol. The van der Waals surface area contributed by atoms with Gasteiger partial charge in [0.1, 0.15) is 11.6 Å². The third-order valence-corrected chi connectivity index (χ3v) is 6.02. The molecule has 0 amide bonds. The minimum Gasteiger partial charge on any atom is -0.372 e. The van der Waals surface area contributed by atoms with Crippen molar-refractivity contribution < 1.29 is 9.13 Å². The van der Waals surface area contributed by atoms with Crippen LogP contribution in [0.3, 0.4) is 0 Å². The van der Waals surface area contributed by atoms with Gasteiger partial charge in [0.25, 0.3) is 0 Å². The second kappa shape index (κ2) is 5.20. The summed E-state index contributed by atoms with van der Waals surface area (Å²) < 4.78 is 18.9. The topological polar surface area (TPSA) is 44.4 Å². The Morgan fingerprint density at radius 2 is 2.19 bits per heavy atom. The van der Waals surface area contributed by atoms with Gasteiger partial charge in [0, 0.05) is 48.2 Å². The summed E-state index contributed by atoms with van der Waals surface area (Å²) >= 11 is 0. The molecule has 2 fully saturated rings. The molecule has 6 rings (SSSR count). The molecule has 132 valence electrons. The zero-order valence-electron chi connectivity index (χ0n) is 14.3. The minimum absolute atomic E-state index is 0.196. The van der Waals surface area contributed by atoms with Crippen LogP contribution in [0.5, 0.6) is 0 Å². The van der Waals surface area contributed by atoms with Crippen LogP contribution >= 0.6 is 0 Å². The van der Waals surface area contributed by atoms with Crippen LogP contribution in [0.4, 0.5) is 15.9 Å². The van der Waals surface area contributed by atoms with Crippen LogP contribution in [0.1, 0.15) is 11.3 Å². The number of ether oxygens (including phenoxy) is 1. The van der Waals surface area contributed by atoms with Crippen LogP contribution in [0, 0.1) is 5.82 Å². The normalized spacial score (nSPS) is 24.0. The van der Waals surface area contributed by atoms with Gasteiger partial charge in [-0.05, 0) is 30.3 Å². The molecule has 0 radical (unpaired) electrons. The molecule has 2 saturated heterocycles. The number of fused-ring (bicyclic) bond motifs is 4. The molecule has 1 N–H and O–H groups in total. The number of nitrogens with one attached hydrogen (secondary N) is 1. The number of rotatable bonds is 2. The number of morpholine rings is 1. The molecule has 5 nitrogen and oxygen atoms in total. The summed E-state index contributed by atoms with van der Waals surface area (Å²) in [5.74, 6) is 0.844. The van der Waals surface area contributed by atoms with Crippen molar-refractivity contribution in [3.63, 3.8) is 0 Å². The third kappa shape index (κ3) is 2.02. The number of hydrogen-bond donors (Lipinski definition) is 1. The van der Waals surface area contributed by atoms with Gasteiger partial charge in [-0.15, -0.1) is 0 Å². The van der Waals surface area contributed by atoms with E-state index in [1.165, 1.54) is 17.3 Å². The largest absolute Gasteiger partial charge is 0.372 e. The van der Waals surface area contributed by atoms with E-state index < -0.39 is 0 Å². The van der Waals surface area contributed by atoms with Gasteiger partial charge in [-0.2, -0.15) is 0 Å². The first kappa shape index (κ1) is 14.6. The zero-order valence-corrected chi connectivity index (χ0v) is 14.3. The number of nitrogens with zero attached hydrogens (tertiary/aromatic N) is 3. The maximum absolute atomic E-state index is 13.5. The number of anilines is 2. The van der Waals surface area contributed by atoms with E-state index in [9.17, 15) is 4.39 Å². The second-order valence-electron chi connectivity index (χ2n) is 7.41. The van der Waals surface area contributed by atoms with Crippen molar-refractivity contribution >= 4 is 22.4 Å². The molecule has 2 unspecified atom stereocenters. The van der Waals surface area contributed by atoms with Gasteiger partial charge in [0.2, 0.25) is 0 Å². The lowest BCUT2D eigenvalue weighted by molar-refractivity contribution is -0.113. The van der Waals surface area contributed by atoms with Gasteiger partial charge in [0.05, 0.1) is 30.6 Å². The van der Waals surface area contributed by atoms with Gasteiger partial charge in [-0.3, -0.25) is 0 Å². The first-order valence-corrected chi connectivity index (χ1v) is 9.14. The fraction of sp³-hybridized carbons (Fsp3) is 0.350. The van der Waals surface area contributed by atoms with Crippen molar-refractivity contribution in [1.29, 1.82) is 0 Å². The Hall–Kier alpha value is -2.60. The summed E-state index contributed by atoms with van der Waals surface area (Å²) in [6.45, 7) is 3.54. The smallest absolute Gasteiger partial charge is 0.129 e. The number of benzene rings is 1. The average Bonchev–Trinajstić information content (AvgIpc) is 3.00. The highest BCUT2D eigenvalue weighted by atomic mass is 19.1. The molecule has 3 aliphatic heterocycles. The highest BCUT2D eigenvalue weighted by Crippen LogP contribution is 2.35. The fourth-order valence-corrected chi connectivity index (χ4v) is 4.39. The number of aromatic amines is 1. The molecule has 1 aromatic carbocycles. The van der Waals surface area contributed by atoms with Crippen molar-refractivity contribution in [2.75, 3.05) is 29.5 Å². The molecule has 26 heavy (non-hydrogen) atoms. The van der Waals surface area contributed by atoms with Crippen molar-refractivity contribution in [2.24, 2.45) is 0 Å². The molecule has 6 heteroatoms. The van der Waals surface area contributed by atoms with E-state index in [1.54, 1.807) is 6.07 Å². The maximum Gasteiger partial charge on any atom is 0.129 e. The molecule has 3 aliphatic rings. The Morgan fingerprint density at radius 3 is 2.92 bits per heavy atom. The molecule has 0 bridgehead atoms. The van der Waals surface area contributed by atoms with Crippen LogP contribution in [0.2, 0.25) is 0 Å². The Balaban J connectivity index is 1.26. The quantitative estimate of drug-likeness (QED) is 0.772. The highest BCUT2D eigenvalue weighted by Gasteiger charge is 2.47. The molecule has 2 atom stereocenters. The van der Waals surface area contributed by atoms with Crippen LogP contribution in [-0.4, -0.2) is 41.8 Å². The van der Waals surface area contributed by atoms with Crippen molar-refractivity contribution in [3.8, 4) is 0 Å². The van der Waals surface area contributed by atoms with Crippen molar-refractivity contribution in [3.05, 3.63) is 53.6 Å².